The lowest BCUT2D eigenvalue weighted by molar-refractivity contribution is -0.384. The summed E-state index contributed by atoms with van der Waals surface area (Å²) < 4.78 is 5.05. The summed E-state index contributed by atoms with van der Waals surface area (Å²) in [6.45, 7) is 0. The van der Waals surface area contributed by atoms with Crippen LogP contribution in [0.3, 0.4) is 0 Å². The van der Waals surface area contributed by atoms with Gasteiger partial charge in [0.2, 0.25) is 5.12 Å². The van der Waals surface area contributed by atoms with E-state index in [4.69, 9.17) is 4.74 Å². The minimum absolute atomic E-state index is 0.0697. The maximum absolute atomic E-state index is 11.8. The number of non-ortho nitro benzene ring substituents is 1. The Morgan fingerprint density at radius 3 is 2.20 bits per heavy atom. The van der Waals surface area contributed by atoms with Crippen molar-refractivity contribution in [3.63, 3.8) is 0 Å². The predicted molar refractivity (Wildman–Crippen MR) is 96.5 cm³/mol. The molecule has 0 radical (unpaired) electrons. The van der Waals surface area contributed by atoms with Gasteiger partial charge in [-0.25, -0.2) is 0 Å². The summed E-state index contributed by atoms with van der Waals surface area (Å²) in [5.41, 5.74) is 0.509. The van der Waals surface area contributed by atoms with Crippen molar-refractivity contribution < 1.29 is 19.2 Å². The third-order valence-corrected chi connectivity index (χ3v) is 3.73. The fourth-order valence-electron chi connectivity index (χ4n) is 1.70. The summed E-state index contributed by atoms with van der Waals surface area (Å²) in [6, 6.07) is 14.0. The van der Waals surface area contributed by atoms with Crippen LogP contribution in [0.1, 0.15) is 16.8 Å². The van der Waals surface area contributed by atoms with Gasteiger partial charge in [0.05, 0.1) is 11.3 Å². The van der Waals surface area contributed by atoms with Crippen molar-refractivity contribution in [2.24, 2.45) is 0 Å². The Hall–Kier alpha value is -3.11. The molecule has 0 bridgehead atoms. The Bertz CT molecular complexity index is 741. The van der Waals surface area contributed by atoms with Gasteiger partial charge < -0.3 is 4.74 Å². The van der Waals surface area contributed by atoms with Crippen molar-refractivity contribution in [1.29, 1.82) is 0 Å². The van der Waals surface area contributed by atoms with E-state index in [-0.39, 0.29) is 23.0 Å². The smallest absolute Gasteiger partial charge is 0.312 e. The highest BCUT2D eigenvalue weighted by Gasteiger charge is 2.10. The number of hydrogen-bond donors (Lipinski definition) is 0. The summed E-state index contributed by atoms with van der Waals surface area (Å²) in [4.78, 5) is 33.5. The Kier molecular flexibility index (Phi) is 8.47. The summed E-state index contributed by atoms with van der Waals surface area (Å²) in [7, 11) is 0. The van der Waals surface area contributed by atoms with E-state index in [1.165, 1.54) is 24.3 Å². The SMILES string of the molecule is C#C.O=C(CCSC(=O)c1ccccc1)Oc1ccc([N+](=O)[O-])cc1. The van der Waals surface area contributed by atoms with E-state index in [1.807, 2.05) is 6.07 Å². The first kappa shape index (κ1) is 19.9. The second kappa shape index (κ2) is 10.6. The molecule has 0 saturated heterocycles. The Morgan fingerprint density at radius 1 is 1.04 bits per heavy atom. The second-order valence-corrected chi connectivity index (χ2v) is 5.54. The highest BCUT2D eigenvalue weighted by molar-refractivity contribution is 8.14. The molecule has 0 aliphatic heterocycles. The summed E-state index contributed by atoms with van der Waals surface area (Å²) in [6.07, 6.45) is 8.07. The Balaban J connectivity index is 0.00000151. The highest BCUT2D eigenvalue weighted by atomic mass is 32.2. The topological polar surface area (TPSA) is 86.5 Å². The molecule has 0 fully saturated rings. The Labute approximate surface area is 149 Å². The van der Waals surface area contributed by atoms with Crippen molar-refractivity contribution in [1.82, 2.24) is 0 Å². The quantitative estimate of drug-likeness (QED) is 0.257. The van der Waals surface area contributed by atoms with Gasteiger partial charge in [0.25, 0.3) is 5.69 Å². The van der Waals surface area contributed by atoms with Crippen molar-refractivity contribution in [3.8, 4) is 18.6 Å². The Morgan fingerprint density at radius 2 is 1.64 bits per heavy atom. The predicted octanol–water partition coefficient (Wildman–Crippen LogP) is 3.71. The zero-order valence-corrected chi connectivity index (χ0v) is 14.0. The molecule has 0 unspecified atom stereocenters. The fourth-order valence-corrected chi connectivity index (χ4v) is 2.46. The van der Waals surface area contributed by atoms with E-state index >= 15 is 0 Å². The molecule has 6 nitrogen and oxygen atoms in total. The van der Waals surface area contributed by atoms with Gasteiger partial charge in [0.15, 0.2) is 0 Å². The lowest BCUT2D eigenvalue weighted by Gasteiger charge is -2.04. The third kappa shape index (κ3) is 6.89. The first-order valence-corrected chi connectivity index (χ1v) is 8.05. The number of benzene rings is 2. The minimum atomic E-state index is -0.530. The number of terminal acetylenes is 1. The van der Waals surface area contributed by atoms with Crippen LogP contribution in [0.2, 0.25) is 0 Å². The average Bonchev–Trinajstić information content (AvgIpc) is 2.64. The largest absolute Gasteiger partial charge is 0.426 e. The molecular weight excluding hydrogens is 342 g/mol. The minimum Gasteiger partial charge on any atom is -0.426 e. The van der Waals surface area contributed by atoms with Crippen LogP contribution in [0, 0.1) is 23.0 Å². The van der Waals surface area contributed by atoms with Crippen LogP contribution in [-0.2, 0) is 4.79 Å². The number of carbonyl (C=O) groups is 2. The van der Waals surface area contributed by atoms with Gasteiger partial charge in [-0.2, -0.15) is 0 Å². The van der Waals surface area contributed by atoms with Crippen molar-refractivity contribution in [2.75, 3.05) is 5.75 Å². The molecule has 0 spiro atoms. The van der Waals surface area contributed by atoms with E-state index in [9.17, 15) is 19.7 Å². The van der Waals surface area contributed by atoms with Crippen LogP contribution in [0.15, 0.2) is 54.6 Å². The van der Waals surface area contributed by atoms with Gasteiger partial charge in [-0.1, -0.05) is 42.1 Å². The lowest BCUT2D eigenvalue weighted by atomic mass is 10.2. The number of nitro benzene ring substituents is 1. The standard InChI is InChI=1S/C16H13NO5S.C2H2/c18-15(22-14-8-6-13(7-9-14)17(20)21)10-11-23-16(19)12-4-2-1-3-5-12;1-2/h1-9H,10-11H2;1-2H. The monoisotopic (exact) mass is 357 g/mol. The molecule has 0 atom stereocenters. The van der Waals surface area contributed by atoms with Crippen molar-refractivity contribution in [2.45, 2.75) is 6.42 Å². The van der Waals surface area contributed by atoms with Crippen molar-refractivity contribution in [3.05, 3.63) is 70.3 Å². The number of nitro groups is 1. The molecule has 0 aliphatic rings. The molecule has 2 aromatic rings. The highest BCUT2D eigenvalue weighted by Crippen LogP contribution is 2.18. The van der Waals surface area contributed by atoms with Crippen LogP contribution < -0.4 is 4.74 Å². The van der Waals surface area contributed by atoms with E-state index < -0.39 is 10.9 Å². The molecule has 128 valence electrons. The van der Waals surface area contributed by atoms with E-state index in [1.54, 1.807) is 24.3 Å². The molecule has 0 N–H and O–H groups in total. The lowest BCUT2D eigenvalue weighted by Crippen LogP contribution is -2.09. The van der Waals surface area contributed by atoms with E-state index in [2.05, 4.69) is 12.8 Å². The molecule has 0 amide bonds. The molecule has 2 aromatic carbocycles. The van der Waals surface area contributed by atoms with Crippen LogP contribution in [0.4, 0.5) is 5.69 Å². The van der Waals surface area contributed by atoms with E-state index in [0.29, 0.717) is 11.3 Å². The number of hydrogen-bond acceptors (Lipinski definition) is 6. The van der Waals surface area contributed by atoms with Gasteiger partial charge >= 0.3 is 5.97 Å². The number of carbonyl (C=O) groups excluding carboxylic acids is 2. The number of nitrogens with zero attached hydrogens (tertiary/aromatic N) is 1. The molecule has 25 heavy (non-hydrogen) atoms. The zero-order valence-electron chi connectivity index (χ0n) is 13.2. The van der Waals surface area contributed by atoms with Gasteiger partial charge in [-0.15, -0.1) is 12.8 Å². The fraction of sp³-hybridized carbons (Fsp3) is 0.111. The molecule has 0 heterocycles. The summed E-state index contributed by atoms with van der Waals surface area (Å²) >= 11 is 1.05. The van der Waals surface area contributed by atoms with Gasteiger partial charge in [-0.3, -0.25) is 19.7 Å². The number of thioether (sulfide) groups is 1. The third-order valence-electron chi connectivity index (χ3n) is 2.83. The number of ether oxygens (including phenoxy) is 1. The van der Waals surface area contributed by atoms with Gasteiger partial charge in [-0.05, 0) is 12.1 Å². The second-order valence-electron chi connectivity index (χ2n) is 4.48. The number of rotatable bonds is 6. The first-order valence-electron chi connectivity index (χ1n) is 7.07. The van der Waals surface area contributed by atoms with Crippen LogP contribution in [0.5, 0.6) is 5.75 Å². The van der Waals surface area contributed by atoms with Crippen LogP contribution >= 0.6 is 11.8 Å². The maximum atomic E-state index is 11.8. The van der Waals surface area contributed by atoms with Gasteiger partial charge in [0.1, 0.15) is 5.75 Å². The van der Waals surface area contributed by atoms with E-state index in [0.717, 1.165) is 11.8 Å². The van der Waals surface area contributed by atoms with Crippen molar-refractivity contribution >= 4 is 28.5 Å². The molecule has 7 heteroatoms. The van der Waals surface area contributed by atoms with Crippen LogP contribution in [0.25, 0.3) is 0 Å². The molecular formula is C18H15NO5S. The normalized spacial score (nSPS) is 9.36. The molecule has 0 aromatic heterocycles. The maximum Gasteiger partial charge on any atom is 0.312 e. The van der Waals surface area contributed by atoms with Crippen LogP contribution in [-0.4, -0.2) is 21.8 Å². The molecule has 0 aliphatic carbocycles. The molecule has 2 rings (SSSR count). The first-order chi connectivity index (χ1) is 12.1. The zero-order chi connectivity index (χ0) is 18.7. The number of esters is 1. The summed E-state index contributed by atoms with van der Waals surface area (Å²) in [5.74, 6) is 0.0479. The molecule has 0 saturated carbocycles. The average molecular weight is 357 g/mol. The van der Waals surface area contributed by atoms with Gasteiger partial charge in [0, 0.05) is 23.4 Å². The summed E-state index contributed by atoms with van der Waals surface area (Å²) in [5, 5.41) is 10.4.